The molecule has 3 aromatic rings. The van der Waals surface area contributed by atoms with Crippen molar-refractivity contribution >= 4 is 45.9 Å². The maximum atomic E-state index is 12.9. The first-order valence-corrected chi connectivity index (χ1v) is 11.0. The molecule has 3 rings (SSSR count). The van der Waals surface area contributed by atoms with Gasteiger partial charge < -0.3 is 0 Å². The number of benzene rings is 2. The van der Waals surface area contributed by atoms with Gasteiger partial charge in [0.2, 0.25) is 0 Å². The quantitative estimate of drug-likeness (QED) is 0.419. The lowest BCUT2D eigenvalue weighted by atomic mass is 10.2. The maximum absolute atomic E-state index is 12.9. The lowest BCUT2D eigenvalue weighted by molar-refractivity contribution is 0.102. The van der Waals surface area contributed by atoms with E-state index in [-0.39, 0.29) is 16.3 Å². The monoisotopic (exact) mass is 440 g/mol. The van der Waals surface area contributed by atoms with Gasteiger partial charge in [0.25, 0.3) is 11.7 Å². The highest BCUT2D eigenvalue weighted by atomic mass is 32.2. The average Bonchev–Trinajstić information content (AvgIpc) is 3.10. The molecule has 0 unspecified atom stereocenters. The second-order valence-electron chi connectivity index (χ2n) is 5.59. The molecular formula is C19H15F3N2OS3. The number of anilines is 1. The summed E-state index contributed by atoms with van der Waals surface area (Å²) in [4.78, 5) is 17.0. The summed E-state index contributed by atoms with van der Waals surface area (Å²) in [5, 5.41) is 4.92. The van der Waals surface area contributed by atoms with Crippen LogP contribution < -0.4 is 5.32 Å². The molecule has 0 aliphatic carbocycles. The summed E-state index contributed by atoms with van der Waals surface area (Å²) in [6.07, 6.45) is 0. The highest BCUT2D eigenvalue weighted by molar-refractivity contribution is 7.99. The van der Waals surface area contributed by atoms with Gasteiger partial charge in [0, 0.05) is 21.8 Å². The minimum Gasteiger partial charge on any atom is -0.298 e. The van der Waals surface area contributed by atoms with Crippen LogP contribution in [0, 0.1) is 5.82 Å². The summed E-state index contributed by atoms with van der Waals surface area (Å²) < 4.78 is 38.2. The first-order valence-electron chi connectivity index (χ1n) is 8.13. The Kier molecular flexibility index (Phi) is 7.41. The van der Waals surface area contributed by atoms with Crippen LogP contribution >= 0.6 is 34.9 Å². The summed E-state index contributed by atoms with van der Waals surface area (Å²) in [6, 6.07) is 12.6. The van der Waals surface area contributed by atoms with E-state index in [0.29, 0.717) is 22.6 Å². The molecule has 9 heteroatoms. The van der Waals surface area contributed by atoms with Crippen LogP contribution in [-0.2, 0) is 11.5 Å². The normalized spacial score (nSPS) is 11.0. The van der Waals surface area contributed by atoms with E-state index >= 15 is 0 Å². The number of nitrogens with one attached hydrogen (secondary N) is 1. The Hall–Kier alpha value is -1.97. The Labute approximate surface area is 172 Å². The standard InChI is InChI=1S/C19H15F3N2OS3/c20-13-7-5-12(6-8-13)9-26-10-14-11-27-19(23-14)24-17(25)15-3-1-2-4-16(15)28-18(21)22/h1-8,11,18H,9-10H2,(H,23,24,25). The van der Waals surface area contributed by atoms with Gasteiger partial charge in [0.05, 0.1) is 11.3 Å². The van der Waals surface area contributed by atoms with Gasteiger partial charge >= 0.3 is 0 Å². The number of thioether (sulfide) groups is 2. The molecule has 0 radical (unpaired) electrons. The molecule has 3 nitrogen and oxygen atoms in total. The van der Waals surface area contributed by atoms with E-state index in [4.69, 9.17) is 0 Å². The number of nitrogens with zero attached hydrogens (tertiary/aromatic N) is 1. The molecule has 0 spiro atoms. The number of alkyl halides is 2. The summed E-state index contributed by atoms with van der Waals surface area (Å²) in [6.45, 7) is 0. The largest absolute Gasteiger partial charge is 0.298 e. The summed E-state index contributed by atoms with van der Waals surface area (Å²) in [5.41, 5.74) is 2.01. The van der Waals surface area contributed by atoms with Crippen molar-refractivity contribution in [2.24, 2.45) is 0 Å². The summed E-state index contributed by atoms with van der Waals surface area (Å²) in [5.74, 6) is -1.97. The average molecular weight is 441 g/mol. The minimum absolute atomic E-state index is 0.190. The van der Waals surface area contributed by atoms with Crippen LogP contribution in [0.4, 0.5) is 18.3 Å². The topological polar surface area (TPSA) is 42.0 Å². The highest BCUT2D eigenvalue weighted by Crippen LogP contribution is 2.29. The number of amides is 1. The van der Waals surface area contributed by atoms with E-state index in [1.54, 1.807) is 36.0 Å². The Morgan fingerprint density at radius 3 is 2.61 bits per heavy atom. The molecule has 0 saturated heterocycles. The number of aromatic nitrogens is 1. The van der Waals surface area contributed by atoms with Crippen molar-refractivity contribution < 1.29 is 18.0 Å². The smallest absolute Gasteiger partial charge is 0.288 e. The van der Waals surface area contributed by atoms with Crippen molar-refractivity contribution in [3.8, 4) is 0 Å². The first kappa shape index (κ1) is 20.8. The van der Waals surface area contributed by atoms with Gasteiger partial charge in [-0.05, 0) is 29.8 Å². The molecular weight excluding hydrogens is 425 g/mol. The van der Waals surface area contributed by atoms with Crippen LogP contribution in [0.2, 0.25) is 0 Å². The molecule has 1 heterocycles. The lowest BCUT2D eigenvalue weighted by Crippen LogP contribution is -2.13. The van der Waals surface area contributed by atoms with E-state index in [2.05, 4.69) is 10.3 Å². The van der Waals surface area contributed by atoms with Crippen molar-refractivity contribution in [1.29, 1.82) is 0 Å². The fraction of sp³-hybridized carbons (Fsp3) is 0.158. The zero-order valence-corrected chi connectivity index (χ0v) is 16.9. The van der Waals surface area contributed by atoms with Gasteiger partial charge in [-0.25, -0.2) is 9.37 Å². The predicted octanol–water partition coefficient (Wildman–Crippen LogP) is 6.28. The zero-order chi connectivity index (χ0) is 19.9. The van der Waals surface area contributed by atoms with Gasteiger partial charge in [-0.3, -0.25) is 10.1 Å². The van der Waals surface area contributed by atoms with E-state index in [9.17, 15) is 18.0 Å². The van der Waals surface area contributed by atoms with Crippen molar-refractivity contribution in [1.82, 2.24) is 4.98 Å². The zero-order valence-electron chi connectivity index (χ0n) is 14.4. The fourth-order valence-electron chi connectivity index (χ4n) is 2.30. The Balaban J connectivity index is 1.55. The number of hydrogen-bond donors (Lipinski definition) is 1. The first-order chi connectivity index (χ1) is 13.5. The molecule has 0 fully saturated rings. The van der Waals surface area contributed by atoms with Gasteiger partial charge in [0.1, 0.15) is 5.82 Å². The molecule has 28 heavy (non-hydrogen) atoms. The number of halogens is 3. The van der Waals surface area contributed by atoms with Crippen molar-refractivity contribution in [3.63, 3.8) is 0 Å². The van der Waals surface area contributed by atoms with Crippen molar-refractivity contribution in [2.45, 2.75) is 22.2 Å². The van der Waals surface area contributed by atoms with E-state index in [1.165, 1.54) is 35.6 Å². The SMILES string of the molecule is O=C(Nc1nc(CSCc2ccc(F)cc2)cs1)c1ccccc1SC(F)F. The molecule has 0 bridgehead atoms. The van der Waals surface area contributed by atoms with Gasteiger partial charge in [-0.15, -0.1) is 11.3 Å². The molecule has 0 aliphatic rings. The van der Waals surface area contributed by atoms with Crippen LogP contribution in [0.5, 0.6) is 0 Å². The molecule has 0 atom stereocenters. The van der Waals surface area contributed by atoms with Crippen molar-refractivity contribution in [2.75, 3.05) is 5.32 Å². The number of carbonyl (C=O) groups excluding carboxylic acids is 1. The fourth-order valence-corrected chi connectivity index (χ4v) is 4.64. The predicted molar refractivity (Wildman–Crippen MR) is 110 cm³/mol. The third kappa shape index (κ3) is 6.02. The molecule has 1 N–H and O–H groups in total. The summed E-state index contributed by atoms with van der Waals surface area (Å²) in [7, 11) is 0. The second-order valence-corrected chi connectivity index (χ2v) is 8.47. The third-order valence-corrected chi connectivity index (χ3v) is 6.18. The Morgan fingerprint density at radius 1 is 1.11 bits per heavy atom. The van der Waals surface area contributed by atoms with Gasteiger partial charge in [-0.2, -0.15) is 20.5 Å². The number of rotatable bonds is 8. The molecule has 2 aromatic carbocycles. The Morgan fingerprint density at radius 2 is 1.86 bits per heavy atom. The molecule has 1 amide bonds. The molecule has 146 valence electrons. The number of carbonyl (C=O) groups is 1. The van der Waals surface area contributed by atoms with Gasteiger partial charge in [0.15, 0.2) is 5.13 Å². The molecule has 0 saturated carbocycles. The van der Waals surface area contributed by atoms with Crippen LogP contribution in [0.15, 0.2) is 58.8 Å². The van der Waals surface area contributed by atoms with Crippen LogP contribution in [-0.4, -0.2) is 16.6 Å². The highest BCUT2D eigenvalue weighted by Gasteiger charge is 2.16. The minimum atomic E-state index is -2.60. The van der Waals surface area contributed by atoms with Crippen molar-refractivity contribution in [3.05, 3.63) is 76.5 Å². The third-order valence-electron chi connectivity index (χ3n) is 3.55. The van der Waals surface area contributed by atoms with Crippen LogP contribution in [0.1, 0.15) is 21.6 Å². The maximum Gasteiger partial charge on any atom is 0.288 e. The molecule has 0 aliphatic heterocycles. The number of thiazole rings is 1. The van der Waals surface area contributed by atoms with E-state index in [0.717, 1.165) is 17.0 Å². The second kappa shape index (κ2) is 9.99. The number of hydrogen-bond acceptors (Lipinski definition) is 5. The van der Waals surface area contributed by atoms with Crippen LogP contribution in [0.25, 0.3) is 0 Å². The van der Waals surface area contributed by atoms with Crippen LogP contribution in [0.3, 0.4) is 0 Å². The summed E-state index contributed by atoms with van der Waals surface area (Å²) >= 11 is 3.25. The molecule has 1 aromatic heterocycles. The Bertz CT molecular complexity index is 932. The van der Waals surface area contributed by atoms with E-state index in [1.807, 2.05) is 5.38 Å². The lowest BCUT2D eigenvalue weighted by Gasteiger charge is -2.07. The van der Waals surface area contributed by atoms with Gasteiger partial charge in [-0.1, -0.05) is 36.0 Å². The van der Waals surface area contributed by atoms with E-state index < -0.39 is 11.7 Å².